The van der Waals surface area contributed by atoms with E-state index < -0.39 is 0 Å². The second kappa shape index (κ2) is 17.4. The molecule has 1 aliphatic rings. The molecule has 0 N–H and O–H groups in total. The van der Waals surface area contributed by atoms with Gasteiger partial charge in [-0.15, -0.1) is 0 Å². The monoisotopic (exact) mass is 480 g/mol. The van der Waals surface area contributed by atoms with E-state index in [2.05, 4.69) is 64.1 Å². The van der Waals surface area contributed by atoms with Crippen LogP contribution < -0.4 is 5.19 Å². The Labute approximate surface area is 215 Å². The van der Waals surface area contributed by atoms with Crippen LogP contribution in [0.25, 0.3) is 0 Å². The Morgan fingerprint density at radius 2 is 1.03 bits per heavy atom. The molecule has 0 aromatic heterocycles. The number of benzene rings is 1. The van der Waals surface area contributed by atoms with E-state index in [0.29, 0.717) is 5.04 Å². The molecule has 0 spiro atoms. The maximum absolute atomic E-state index is 2.66. The molecule has 1 unspecified atom stereocenters. The Hall–Kier alpha value is -1.08. The molecule has 0 radical (unpaired) electrons. The average Bonchev–Trinajstić information content (AvgIpc) is 3.05. The second-order valence-corrected chi connectivity index (χ2v) is 13.7. The van der Waals surface area contributed by atoms with Crippen LogP contribution in [0, 0.1) is 0 Å². The summed E-state index contributed by atoms with van der Waals surface area (Å²) >= 11 is 0. The highest BCUT2D eigenvalue weighted by atomic mass is 28.2. The van der Waals surface area contributed by atoms with Crippen molar-refractivity contribution < 1.29 is 0 Å². The van der Waals surface area contributed by atoms with Gasteiger partial charge in [0.15, 0.2) is 0 Å². The molecule has 0 heterocycles. The molecule has 1 aromatic rings. The van der Waals surface area contributed by atoms with E-state index in [9.17, 15) is 0 Å². The minimum atomic E-state index is -0.354. The lowest BCUT2D eigenvalue weighted by Crippen LogP contribution is -2.29. The van der Waals surface area contributed by atoms with Crippen LogP contribution in [0.2, 0.25) is 5.04 Å². The second-order valence-electron chi connectivity index (χ2n) is 11.3. The lowest BCUT2D eigenvalue weighted by Gasteiger charge is -2.30. The molecule has 1 heteroatoms. The molecular formula is C33H56Si. The fourth-order valence-corrected chi connectivity index (χ4v) is 8.56. The van der Waals surface area contributed by atoms with Gasteiger partial charge in [0.1, 0.15) is 0 Å². The third-order valence-corrected chi connectivity index (χ3v) is 11.1. The first-order valence-corrected chi connectivity index (χ1v) is 16.4. The van der Waals surface area contributed by atoms with Crippen molar-refractivity contribution >= 4 is 14.7 Å². The van der Waals surface area contributed by atoms with Gasteiger partial charge in [0.05, 0.1) is 9.52 Å². The summed E-state index contributed by atoms with van der Waals surface area (Å²) in [4.78, 5) is 0. The average molecular weight is 481 g/mol. The molecule has 0 saturated carbocycles. The van der Waals surface area contributed by atoms with Crippen LogP contribution in [0.1, 0.15) is 143 Å². The van der Waals surface area contributed by atoms with Crippen molar-refractivity contribution in [2.45, 2.75) is 148 Å². The van der Waals surface area contributed by atoms with Crippen LogP contribution in [0.15, 0.2) is 53.1 Å². The van der Waals surface area contributed by atoms with Crippen LogP contribution in [-0.4, -0.2) is 9.52 Å². The normalized spacial score (nSPS) is 18.4. The summed E-state index contributed by atoms with van der Waals surface area (Å²) in [7, 11) is -0.354. The topological polar surface area (TPSA) is 0 Å². The van der Waals surface area contributed by atoms with Crippen molar-refractivity contribution in [1.29, 1.82) is 0 Å². The minimum Gasteiger partial charge on any atom is -0.0741 e. The van der Waals surface area contributed by atoms with Crippen molar-refractivity contribution in [2.24, 2.45) is 0 Å². The van der Waals surface area contributed by atoms with Gasteiger partial charge in [0, 0.05) is 5.04 Å². The van der Waals surface area contributed by atoms with Gasteiger partial charge in [-0.1, -0.05) is 169 Å². The maximum atomic E-state index is 2.66. The first-order valence-electron chi connectivity index (χ1n) is 15.0. The Kier molecular flexibility index (Phi) is 14.9. The number of hydrogen-bond acceptors (Lipinski definition) is 0. The third kappa shape index (κ3) is 10.7. The van der Waals surface area contributed by atoms with Gasteiger partial charge in [-0.05, 0) is 32.8 Å². The summed E-state index contributed by atoms with van der Waals surface area (Å²) in [5, 5.41) is 2.01. The van der Waals surface area contributed by atoms with Gasteiger partial charge in [-0.25, -0.2) is 0 Å². The molecule has 1 aromatic carbocycles. The van der Waals surface area contributed by atoms with Gasteiger partial charge >= 0.3 is 0 Å². The largest absolute Gasteiger partial charge is 0.0741 e. The lowest BCUT2D eigenvalue weighted by atomic mass is 9.94. The van der Waals surface area contributed by atoms with Crippen molar-refractivity contribution in [3.05, 3.63) is 53.1 Å². The van der Waals surface area contributed by atoms with Crippen LogP contribution in [0.4, 0.5) is 0 Å². The lowest BCUT2D eigenvalue weighted by molar-refractivity contribution is 0.521. The van der Waals surface area contributed by atoms with Gasteiger partial charge in [0.2, 0.25) is 0 Å². The summed E-state index contributed by atoms with van der Waals surface area (Å²) in [6.45, 7) is 9.40. The zero-order chi connectivity index (χ0) is 24.5. The quantitative estimate of drug-likeness (QED) is 0.129. The highest BCUT2D eigenvalue weighted by Crippen LogP contribution is 2.49. The van der Waals surface area contributed by atoms with E-state index in [1.807, 2.05) is 0 Å². The smallest absolute Gasteiger partial charge is 0.0705 e. The molecule has 1 aliphatic carbocycles. The number of unbranched alkanes of at least 4 members (excludes halogenated alkanes) is 16. The molecule has 0 saturated heterocycles. The number of rotatable bonds is 20. The molecule has 1 atom stereocenters. The molecule has 0 amide bonds. The molecule has 34 heavy (non-hydrogen) atoms. The third-order valence-electron chi connectivity index (χ3n) is 8.48. The van der Waals surface area contributed by atoms with Gasteiger partial charge in [-0.3, -0.25) is 0 Å². The van der Waals surface area contributed by atoms with Gasteiger partial charge in [-0.2, -0.15) is 0 Å². The van der Waals surface area contributed by atoms with E-state index in [-0.39, 0.29) is 9.52 Å². The Morgan fingerprint density at radius 1 is 0.588 bits per heavy atom. The Bertz CT molecular complexity index is 713. The Balaban J connectivity index is 1.51. The van der Waals surface area contributed by atoms with Crippen LogP contribution in [0.5, 0.6) is 0 Å². The van der Waals surface area contributed by atoms with E-state index in [1.165, 1.54) is 121 Å². The summed E-state index contributed by atoms with van der Waals surface area (Å²) in [6, 6.07) is 11.3. The predicted molar refractivity (Wildman–Crippen MR) is 158 cm³/mol. The standard InChI is InChI=1S/C33H56Si/c1-5-6-7-8-9-10-11-12-13-14-15-16-17-18-19-20-24-27-33(28-29(2)30(3)31(33)4)34-32-25-22-21-23-26-32/h21-23,25-26,28H,5-20,24,27,34H2,1-4H3. The zero-order valence-electron chi connectivity index (χ0n) is 23.4. The molecule has 192 valence electrons. The number of allylic oxidation sites excluding steroid dienone is 4. The van der Waals surface area contributed by atoms with Crippen LogP contribution in [0.3, 0.4) is 0 Å². The minimum absolute atomic E-state index is 0.354. The first kappa shape index (κ1) is 29.1. The van der Waals surface area contributed by atoms with Crippen molar-refractivity contribution in [2.75, 3.05) is 0 Å². The fourth-order valence-electron chi connectivity index (χ4n) is 5.96. The van der Waals surface area contributed by atoms with Gasteiger partial charge < -0.3 is 0 Å². The molecule has 0 aliphatic heterocycles. The van der Waals surface area contributed by atoms with Crippen molar-refractivity contribution in [3.63, 3.8) is 0 Å². The highest BCUT2D eigenvalue weighted by Gasteiger charge is 2.35. The summed E-state index contributed by atoms with van der Waals surface area (Å²) in [5.74, 6) is 0. The highest BCUT2D eigenvalue weighted by molar-refractivity contribution is 6.58. The van der Waals surface area contributed by atoms with E-state index in [1.54, 1.807) is 16.3 Å². The SMILES string of the molecule is CCCCCCCCCCCCCCCCCCCC1([SiH2]c2ccccc2)C=C(C)C(C)=C1C. The summed E-state index contributed by atoms with van der Waals surface area (Å²) < 4.78 is 0. The molecule has 0 nitrogen and oxygen atoms in total. The summed E-state index contributed by atoms with van der Waals surface area (Å²) in [6.07, 6.45) is 28.7. The molecule has 2 rings (SSSR count). The zero-order valence-corrected chi connectivity index (χ0v) is 24.8. The fraction of sp³-hybridized carbons (Fsp3) is 0.697. The van der Waals surface area contributed by atoms with Crippen molar-refractivity contribution in [1.82, 2.24) is 0 Å². The summed E-state index contributed by atoms with van der Waals surface area (Å²) in [5.41, 5.74) is 4.78. The predicted octanol–water partition coefficient (Wildman–Crippen LogP) is 9.98. The van der Waals surface area contributed by atoms with Crippen molar-refractivity contribution in [3.8, 4) is 0 Å². The van der Waals surface area contributed by atoms with Crippen LogP contribution >= 0.6 is 0 Å². The molecule has 0 bridgehead atoms. The number of hydrogen-bond donors (Lipinski definition) is 0. The molecule has 0 fully saturated rings. The van der Waals surface area contributed by atoms with Crippen LogP contribution in [-0.2, 0) is 0 Å². The molecular weight excluding hydrogens is 424 g/mol. The van der Waals surface area contributed by atoms with E-state index in [0.717, 1.165) is 0 Å². The van der Waals surface area contributed by atoms with Gasteiger partial charge in [0.25, 0.3) is 0 Å². The first-order chi connectivity index (χ1) is 16.6. The maximum Gasteiger partial charge on any atom is 0.0705 e. The Morgan fingerprint density at radius 3 is 1.44 bits per heavy atom. The van der Waals surface area contributed by atoms with E-state index in [4.69, 9.17) is 0 Å². The van der Waals surface area contributed by atoms with E-state index >= 15 is 0 Å².